The van der Waals surface area contributed by atoms with Gasteiger partial charge in [0.1, 0.15) is 5.00 Å². The third-order valence-electron chi connectivity index (χ3n) is 3.09. The lowest BCUT2D eigenvalue weighted by Crippen LogP contribution is -2.53. The van der Waals surface area contributed by atoms with Crippen LogP contribution in [0.1, 0.15) is 17.4 Å². The van der Waals surface area contributed by atoms with Gasteiger partial charge in [0.05, 0.1) is 12.6 Å². The quantitative estimate of drug-likeness (QED) is 0.820. The molecular weight excluding hydrogens is 270 g/mol. The second-order valence-electron chi connectivity index (χ2n) is 4.27. The van der Waals surface area contributed by atoms with Gasteiger partial charge in [0.25, 0.3) is 0 Å². The van der Waals surface area contributed by atoms with E-state index < -0.39 is 12.1 Å². The number of carbonyl (C=O) groups excluding carboxylic acids is 1. The summed E-state index contributed by atoms with van der Waals surface area (Å²) in [6, 6.07) is -0.126. The van der Waals surface area contributed by atoms with E-state index in [0.717, 1.165) is 5.00 Å². The highest BCUT2D eigenvalue weighted by Gasteiger charge is 2.30. The molecular formula is C11H15N3O4S. The third kappa shape index (κ3) is 2.62. The number of esters is 1. The van der Waals surface area contributed by atoms with Crippen molar-refractivity contribution in [3.05, 3.63) is 11.2 Å². The highest BCUT2D eigenvalue weighted by Crippen LogP contribution is 2.28. The summed E-state index contributed by atoms with van der Waals surface area (Å²) >= 11 is 1.36. The zero-order valence-corrected chi connectivity index (χ0v) is 11.5. The minimum Gasteiger partial charge on any atom is -0.465 e. The molecule has 1 amide bonds. The van der Waals surface area contributed by atoms with Crippen LogP contribution >= 0.6 is 11.3 Å². The second-order valence-corrected chi connectivity index (χ2v) is 5.10. The van der Waals surface area contributed by atoms with Gasteiger partial charge in [-0.05, 0) is 6.92 Å². The summed E-state index contributed by atoms with van der Waals surface area (Å²) in [5, 5.41) is 9.77. The molecule has 0 aromatic carbocycles. The second kappa shape index (κ2) is 5.43. The van der Waals surface area contributed by atoms with E-state index in [1.807, 2.05) is 11.8 Å². The van der Waals surface area contributed by atoms with Gasteiger partial charge >= 0.3 is 12.1 Å². The average Bonchev–Trinajstić information content (AvgIpc) is 2.86. The number of nitrogens with zero attached hydrogens (tertiary/aromatic N) is 3. The van der Waals surface area contributed by atoms with Gasteiger partial charge in [-0.15, -0.1) is 11.3 Å². The summed E-state index contributed by atoms with van der Waals surface area (Å²) in [5.74, 6) is -0.468. The Kier molecular flexibility index (Phi) is 3.89. The minimum absolute atomic E-state index is 0.126. The topological polar surface area (TPSA) is 83.0 Å². The number of carboxylic acid groups (broad SMARTS) is 1. The number of piperazine rings is 1. The van der Waals surface area contributed by atoms with Gasteiger partial charge in [-0.3, -0.25) is 0 Å². The molecule has 1 aromatic rings. The first kappa shape index (κ1) is 13.6. The SMILES string of the molecule is COC(=O)c1ncsc1N1CCN(C(=O)O)C(C)C1. The number of hydrogen-bond acceptors (Lipinski definition) is 6. The highest BCUT2D eigenvalue weighted by atomic mass is 32.1. The number of hydrogen-bond donors (Lipinski definition) is 1. The third-order valence-corrected chi connectivity index (χ3v) is 3.97. The number of amides is 1. The molecule has 1 N–H and O–H groups in total. The summed E-state index contributed by atoms with van der Waals surface area (Å²) in [7, 11) is 1.32. The summed E-state index contributed by atoms with van der Waals surface area (Å²) in [6.45, 7) is 3.34. The Bertz CT molecular complexity index is 490. The van der Waals surface area contributed by atoms with Crippen molar-refractivity contribution < 1.29 is 19.4 Å². The predicted octanol–water partition coefficient (Wildman–Crippen LogP) is 1.12. The van der Waals surface area contributed by atoms with Crippen LogP contribution in [0, 0.1) is 0 Å². The van der Waals surface area contributed by atoms with E-state index in [1.165, 1.54) is 23.3 Å². The standard InChI is InChI=1S/C11H15N3O4S/c1-7-5-13(3-4-14(7)11(16)17)9-8(10(15)18-2)12-6-19-9/h6-7H,3-5H2,1-2H3,(H,16,17). The van der Waals surface area contributed by atoms with E-state index in [9.17, 15) is 9.59 Å². The van der Waals surface area contributed by atoms with E-state index in [1.54, 1.807) is 5.51 Å². The van der Waals surface area contributed by atoms with Crippen molar-refractivity contribution in [1.82, 2.24) is 9.88 Å². The van der Waals surface area contributed by atoms with Gasteiger partial charge in [-0.1, -0.05) is 0 Å². The van der Waals surface area contributed by atoms with Crippen LogP contribution in [-0.4, -0.2) is 59.8 Å². The van der Waals surface area contributed by atoms with Crippen LogP contribution in [0.15, 0.2) is 5.51 Å². The van der Waals surface area contributed by atoms with Gasteiger partial charge in [-0.2, -0.15) is 0 Å². The molecule has 0 bridgehead atoms. The van der Waals surface area contributed by atoms with Gasteiger partial charge < -0.3 is 19.6 Å². The van der Waals surface area contributed by atoms with Crippen LogP contribution in [0.3, 0.4) is 0 Å². The first-order chi connectivity index (χ1) is 9.04. The Labute approximate surface area is 114 Å². The van der Waals surface area contributed by atoms with Crippen LogP contribution < -0.4 is 4.90 Å². The van der Waals surface area contributed by atoms with Gasteiger partial charge in [0, 0.05) is 25.7 Å². The Morgan fingerprint density at radius 2 is 2.26 bits per heavy atom. The number of aromatic nitrogens is 1. The molecule has 1 aliphatic rings. The predicted molar refractivity (Wildman–Crippen MR) is 69.9 cm³/mol. The fraction of sp³-hybridized carbons (Fsp3) is 0.545. The zero-order valence-electron chi connectivity index (χ0n) is 10.7. The smallest absolute Gasteiger partial charge is 0.407 e. The van der Waals surface area contributed by atoms with Crippen molar-refractivity contribution in [3.8, 4) is 0 Å². The normalized spacial score (nSPS) is 19.4. The number of thiazole rings is 1. The number of anilines is 1. The van der Waals surface area contributed by atoms with Crippen LogP contribution in [0.5, 0.6) is 0 Å². The molecule has 2 rings (SSSR count). The van der Waals surface area contributed by atoms with E-state index in [-0.39, 0.29) is 6.04 Å². The first-order valence-corrected chi connectivity index (χ1v) is 6.69. The fourth-order valence-corrected chi connectivity index (χ4v) is 2.95. The molecule has 1 saturated heterocycles. The van der Waals surface area contributed by atoms with E-state index in [2.05, 4.69) is 9.72 Å². The maximum Gasteiger partial charge on any atom is 0.407 e. The molecule has 1 unspecified atom stereocenters. The molecule has 8 heteroatoms. The molecule has 0 radical (unpaired) electrons. The maximum absolute atomic E-state index is 11.6. The molecule has 0 spiro atoms. The molecule has 1 aliphatic heterocycles. The van der Waals surface area contributed by atoms with Crippen molar-refractivity contribution in [2.24, 2.45) is 0 Å². The van der Waals surface area contributed by atoms with Crippen LogP contribution in [0.2, 0.25) is 0 Å². The highest BCUT2D eigenvalue weighted by molar-refractivity contribution is 7.14. The molecule has 1 atom stereocenters. The molecule has 1 aromatic heterocycles. The molecule has 7 nitrogen and oxygen atoms in total. The Morgan fingerprint density at radius 3 is 2.84 bits per heavy atom. The first-order valence-electron chi connectivity index (χ1n) is 5.81. The van der Waals surface area contributed by atoms with Crippen molar-refractivity contribution in [2.75, 3.05) is 31.6 Å². The molecule has 19 heavy (non-hydrogen) atoms. The molecule has 2 heterocycles. The van der Waals surface area contributed by atoms with E-state index in [4.69, 9.17) is 5.11 Å². The van der Waals surface area contributed by atoms with Crippen molar-refractivity contribution >= 4 is 28.4 Å². The lowest BCUT2D eigenvalue weighted by atomic mass is 10.2. The Morgan fingerprint density at radius 1 is 1.53 bits per heavy atom. The average molecular weight is 285 g/mol. The number of carbonyl (C=O) groups is 2. The number of ether oxygens (including phenoxy) is 1. The van der Waals surface area contributed by atoms with Crippen molar-refractivity contribution in [2.45, 2.75) is 13.0 Å². The number of rotatable bonds is 2. The summed E-state index contributed by atoms with van der Waals surface area (Å²) < 4.78 is 4.69. The van der Waals surface area contributed by atoms with Crippen LogP contribution in [-0.2, 0) is 4.74 Å². The Balaban J connectivity index is 2.15. The number of methoxy groups -OCH3 is 1. The van der Waals surface area contributed by atoms with Crippen LogP contribution in [0.25, 0.3) is 0 Å². The minimum atomic E-state index is -0.912. The largest absolute Gasteiger partial charge is 0.465 e. The van der Waals surface area contributed by atoms with Gasteiger partial charge in [0.2, 0.25) is 0 Å². The van der Waals surface area contributed by atoms with Gasteiger partial charge in [-0.25, -0.2) is 14.6 Å². The molecule has 1 fully saturated rings. The fourth-order valence-electron chi connectivity index (χ4n) is 2.13. The summed E-state index contributed by atoms with van der Waals surface area (Å²) in [4.78, 5) is 30.0. The van der Waals surface area contributed by atoms with Crippen molar-refractivity contribution in [1.29, 1.82) is 0 Å². The maximum atomic E-state index is 11.6. The zero-order chi connectivity index (χ0) is 14.0. The summed E-state index contributed by atoms with van der Waals surface area (Å²) in [6.07, 6.45) is -0.912. The molecule has 104 valence electrons. The van der Waals surface area contributed by atoms with Crippen molar-refractivity contribution in [3.63, 3.8) is 0 Å². The molecule has 0 aliphatic carbocycles. The Hall–Kier alpha value is -1.83. The van der Waals surface area contributed by atoms with Gasteiger partial charge in [0.15, 0.2) is 5.69 Å². The monoisotopic (exact) mass is 285 g/mol. The molecule has 0 saturated carbocycles. The van der Waals surface area contributed by atoms with E-state index >= 15 is 0 Å². The van der Waals surface area contributed by atoms with Crippen LogP contribution in [0.4, 0.5) is 9.80 Å². The van der Waals surface area contributed by atoms with E-state index in [0.29, 0.717) is 25.3 Å². The lowest BCUT2D eigenvalue weighted by Gasteiger charge is -2.38. The summed E-state index contributed by atoms with van der Waals surface area (Å²) in [5.41, 5.74) is 1.89. The lowest BCUT2D eigenvalue weighted by molar-refractivity contribution is 0.0594.